The van der Waals surface area contributed by atoms with Crippen LogP contribution in [0.4, 0.5) is 10.1 Å². The molecule has 1 heterocycles. The lowest BCUT2D eigenvalue weighted by molar-refractivity contribution is -0.136. The number of ether oxygens (including phenoxy) is 1. The van der Waals surface area contributed by atoms with Gasteiger partial charge in [0.2, 0.25) is 0 Å². The summed E-state index contributed by atoms with van der Waals surface area (Å²) in [7, 11) is 1.17. The smallest absolute Gasteiger partial charge is 0.337 e. The zero-order chi connectivity index (χ0) is 17.9. The van der Waals surface area contributed by atoms with Gasteiger partial charge >= 0.3 is 5.97 Å². The monoisotopic (exact) mass is 356 g/mol. The molecular weight excluding hydrogens is 343 g/mol. The molecule has 0 saturated heterocycles. The number of anilines is 1. The molecule has 1 aromatic rings. The van der Waals surface area contributed by atoms with Crippen molar-refractivity contribution in [3.05, 3.63) is 40.8 Å². The number of nitrogens with one attached hydrogen (secondary N) is 1. The molecule has 2 rings (SSSR count). The lowest BCUT2D eigenvalue weighted by atomic mass is 10.2. The van der Waals surface area contributed by atoms with Crippen LogP contribution in [0.15, 0.2) is 29.5 Å². The van der Waals surface area contributed by atoms with Gasteiger partial charge in [-0.25, -0.2) is 9.18 Å². The molecule has 128 valence electrons. The van der Waals surface area contributed by atoms with E-state index in [0.717, 1.165) is 12.1 Å². The Kier molecular flexibility index (Phi) is 5.53. The first kappa shape index (κ1) is 17.9. The van der Waals surface area contributed by atoms with Crippen molar-refractivity contribution in [3.8, 4) is 0 Å². The molecule has 1 aliphatic heterocycles. The third kappa shape index (κ3) is 3.55. The fraction of sp³-hybridized carbons (Fsp3) is 0.267. The van der Waals surface area contributed by atoms with Gasteiger partial charge in [-0.15, -0.1) is 0 Å². The standard InChI is InChI=1S/C15H14ClFN2O5/c1-24-15(23)10-7-19(4-5-20)14(22)12(10)18-8-2-3-11(17)9(6-8)13(16)21/h2-3,6,18,20H,4-5,7H2,1H3. The number of methoxy groups -OCH3 is 1. The summed E-state index contributed by atoms with van der Waals surface area (Å²) in [5, 5.41) is 10.7. The summed E-state index contributed by atoms with van der Waals surface area (Å²) in [5.74, 6) is -2.03. The number of carbonyl (C=O) groups is 3. The summed E-state index contributed by atoms with van der Waals surface area (Å²) in [6.45, 7) is -0.259. The number of carbonyl (C=O) groups excluding carboxylic acids is 3. The normalized spacial score (nSPS) is 14.2. The Morgan fingerprint density at radius 2 is 2.17 bits per heavy atom. The number of aliphatic hydroxyl groups is 1. The lowest BCUT2D eigenvalue weighted by Gasteiger charge is -2.15. The van der Waals surface area contributed by atoms with Crippen molar-refractivity contribution in [2.24, 2.45) is 0 Å². The van der Waals surface area contributed by atoms with E-state index in [4.69, 9.17) is 16.7 Å². The maximum atomic E-state index is 13.5. The highest BCUT2D eigenvalue weighted by Gasteiger charge is 2.34. The molecule has 9 heteroatoms. The van der Waals surface area contributed by atoms with Crippen LogP contribution in [-0.2, 0) is 14.3 Å². The Hall–Kier alpha value is -2.45. The van der Waals surface area contributed by atoms with Crippen molar-refractivity contribution in [2.45, 2.75) is 0 Å². The molecule has 2 N–H and O–H groups in total. The first-order valence-electron chi connectivity index (χ1n) is 6.87. The molecule has 0 bridgehead atoms. The molecule has 1 aliphatic rings. The van der Waals surface area contributed by atoms with Crippen LogP contribution in [0.3, 0.4) is 0 Å². The van der Waals surface area contributed by atoms with Crippen molar-refractivity contribution < 1.29 is 28.6 Å². The molecule has 0 saturated carbocycles. The zero-order valence-corrected chi connectivity index (χ0v) is 13.4. The van der Waals surface area contributed by atoms with Gasteiger partial charge in [0.15, 0.2) is 0 Å². The SMILES string of the molecule is COC(=O)C1=C(Nc2ccc(F)c(C(=O)Cl)c2)C(=O)N(CCO)C1. The number of esters is 1. The van der Waals surface area contributed by atoms with Crippen molar-refractivity contribution in [1.29, 1.82) is 0 Å². The molecular formula is C15H14ClFN2O5. The van der Waals surface area contributed by atoms with Crippen LogP contribution in [0, 0.1) is 5.82 Å². The van der Waals surface area contributed by atoms with Gasteiger partial charge in [-0.2, -0.15) is 0 Å². The van der Waals surface area contributed by atoms with E-state index < -0.39 is 22.9 Å². The molecule has 0 aromatic heterocycles. The fourth-order valence-electron chi connectivity index (χ4n) is 2.25. The van der Waals surface area contributed by atoms with E-state index in [9.17, 15) is 18.8 Å². The van der Waals surface area contributed by atoms with E-state index >= 15 is 0 Å². The van der Waals surface area contributed by atoms with Crippen LogP contribution in [0.2, 0.25) is 0 Å². The highest BCUT2D eigenvalue weighted by atomic mass is 35.5. The quantitative estimate of drug-likeness (QED) is 0.580. The third-order valence-electron chi connectivity index (χ3n) is 3.40. The summed E-state index contributed by atoms with van der Waals surface area (Å²) in [6.07, 6.45) is 0. The lowest BCUT2D eigenvalue weighted by Crippen LogP contribution is -2.31. The third-order valence-corrected chi connectivity index (χ3v) is 3.60. The predicted octanol–water partition coefficient (Wildman–Crippen LogP) is 0.878. The number of hydrogen-bond acceptors (Lipinski definition) is 6. The summed E-state index contributed by atoms with van der Waals surface area (Å²) in [6, 6.07) is 3.44. The molecule has 1 amide bonds. The number of hydrogen-bond donors (Lipinski definition) is 2. The number of rotatable bonds is 6. The average Bonchev–Trinajstić information content (AvgIpc) is 2.85. The van der Waals surface area contributed by atoms with E-state index in [1.807, 2.05) is 0 Å². The number of benzene rings is 1. The Morgan fingerprint density at radius 1 is 1.46 bits per heavy atom. The van der Waals surface area contributed by atoms with Gasteiger partial charge in [0.1, 0.15) is 11.5 Å². The second-order valence-electron chi connectivity index (χ2n) is 4.89. The summed E-state index contributed by atoms with van der Waals surface area (Å²) >= 11 is 5.30. The number of nitrogens with zero attached hydrogens (tertiary/aromatic N) is 1. The Bertz CT molecular complexity index is 735. The number of halogens is 2. The van der Waals surface area contributed by atoms with Crippen LogP contribution in [-0.4, -0.2) is 53.9 Å². The van der Waals surface area contributed by atoms with Gasteiger partial charge < -0.3 is 20.1 Å². The molecule has 0 spiro atoms. The van der Waals surface area contributed by atoms with Gasteiger partial charge in [-0.3, -0.25) is 9.59 Å². The van der Waals surface area contributed by atoms with Crippen molar-refractivity contribution in [1.82, 2.24) is 4.90 Å². The molecule has 24 heavy (non-hydrogen) atoms. The van der Waals surface area contributed by atoms with Crippen LogP contribution in [0.5, 0.6) is 0 Å². The molecule has 0 aliphatic carbocycles. The summed E-state index contributed by atoms with van der Waals surface area (Å²) in [4.78, 5) is 36.6. The van der Waals surface area contributed by atoms with E-state index in [1.165, 1.54) is 18.1 Å². The summed E-state index contributed by atoms with van der Waals surface area (Å²) < 4.78 is 18.2. The highest BCUT2D eigenvalue weighted by molar-refractivity contribution is 6.67. The molecule has 1 aromatic carbocycles. The first-order chi connectivity index (χ1) is 11.4. The van der Waals surface area contributed by atoms with Gasteiger partial charge in [-0.05, 0) is 29.8 Å². The van der Waals surface area contributed by atoms with Gasteiger partial charge in [0.25, 0.3) is 11.1 Å². The van der Waals surface area contributed by atoms with Crippen LogP contribution < -0.4 is 5.32 Å². The minimum absolute atomic E-state index is 0.0309. The van der Waals surface area contributed by atoms with E-state index in [0.29, 0.717) is 0 Å². The van der Waals surface area contributed by atoms with E-state index in [1.54, 1.807) is 0 Å². The second kappa shape index (κ2) is 7.41. The number of amides is 1. The topological polar surface area (TPSA) is 95.9 Å². The predicted molar refractivity (Wildman–Crippen MR) is 82.9 cm³/mol. The molecule has 0 radical (unpaired) electrons. The Labute approximate surface area is 141 Å². The molecule has 0 fully saturated rings. The van der Waals surface area contributed by atoms with Crippen molar-refractivity contribution in [2.75, 3.05) is 32.1 Å². The average molecular weight is 357 g/mol. The summed E-state index contributed by atoms with van der Waals surface area (Å²) in [5.41, 5.74) is -0.149. The van der Waals surface area contributed by atoms with Gasteiger partial charge in [-0.1, -0.05) is 0 Å². The number of aliphatic hydroxyl groups excluding tert-OH is 1. The van der Waals surface area contributed by atoms with Crippen LogP contribution >= 0.6 is 11.6 Å². The highest BCUT2D eigenvalue weighted by Crippen LogP contribution is 2.24. The largest absolute Gasteiger partial charge is 0.466 e. The second-order valence-corrected chi connectivity index (χ2v) is 5.23. The van der Waals surface area contributed by atoms with Gasteiger partial charge in [0, 0.05) is 12.2 Å². The Balaban J connectivity index is 2.37. The van der Waals surface area contributed by atoms with Crippen molar-refractivity contribution in [3.63, 3.8) is 0 Å². The maximum absolute atomic E-state index is 13.5. The molecule has 0 unspecified atom stereocenters. The zero-order valence-electron chi connectivity index (χ0n) is 12.6. The van der Waals surface area contributed by atoms with Gasteiger partial charge in [0.05, 0.1) is 31.4 Å². The first-order valence-corrected chi connectivity index (χ1v) is 7.24. The Morgan fingerprint density at radius 3 is 2.75 bits per heavy atom. The van der Waals surface area contributed by atoms with Crippen molar-refractivity contribution >= 4 is 34.4 Å². The number of β-amino-alcohol motifs (C(OH)–C–C–N with tert-alkyl or cyclic N) is 1. The molecule has 7 nitrogen and oxygen atoms in total. The van der Waals surface area contributed by atoms with Crippen LogP contribution in [0.1, 0.15) is 10.4 Å². The fourth-order valence-corrected chi connectivity index (χ4v) is 2.39. The van der Waals surface area contributed by atoms with Crippen LogP contribution in [0.25, 0.3) is 0 Å². The minimum atomic E-state index is -0.988. The van der Waals surface area contributed by atoms with E-state index in [-0.39, 0.29) is 42.2 Å². The van der Waals surface area contributed by atoms with E-state index in [2.05, 4.69) is 10.1 Å². The molecule has 0 atom stereocenters. The minimum Gasteiger partial charge on any atom is -0.466 e. The maximum Gasteiger partial charge on any atom is 0.337 e.